The number of Topliss-reactive ketones (excluding diaryl/α,β-unsaturated/α-hetero) is 2. The monoisotopic (exact) mass is 740 g/mol. The molecule has 0 aromatic heterocycles. The van der Waals surface area contributed by atoms with Crippen LogP contribution in [0.5, 0.6) is 0 Å². The Morgan fingerprint density at radius 2 is 1.00 bits per heavy atom. The number of azo groups is 2. The number of rotatable bonds is 15. The topological polar surface area (TPSA) is 142 Å². The smallest absolute Gasteiger partial charge is 0.258 e. The minimum atomic E-state index is -1.37. The van der Waals surface area contributed by atoms with E-state index >= 15 is 0 Å². The van der Waals surface area contributed by atoms with Gasteiger partial charge < -0.3 is 10.6 Å². The second kappa shape index (κ2) is 18.4. The van der Waals surface area contributed by atoms with Gasteiger partial charge in [-0.25, -0.2) is 0 Å². The maximum Gasteiger partial charge on any atom is 0.258 e. The fourth-order valence-corrected chi connectivity index (χ4v) is 6.13. The Balaban J connectivity index is 1.48. The summed E-state index contributed by atoms with van der Waals surface area (Å²) in [5.41, 5.74) is 7.32. The minimum Gasteiger partial charge on any atom is -0.324 e. The van der Waals surface area contributed by atoms with E-state index in [9.17, 15) is 19.2 Å². The van der Waals surface area contributed by atoms with Gasteiger partial charge in [0.15, 0.2) is 11.6 Å². The van der Waals surface area contributed by atoms with Crippen molar-refractivity contribution in [2.45, 2.75) is 79.3 Å². The number of amides is 2. The summed E-state index contributed by atoms with van der Waals surface area (Å²) < 4.78 is 0. The number of ketones is 2. The third-order valence-electron chi connectivity index (χ3n) is 8.46. The van der Waals surface area contributed by atoms with Crippen LogP contribution in [0.4, 0.5) is 22.7 Å². The fraction of sp³-hybridized carbons (Fsp3) is 0.300. The van der Waals surface area contributed by atoms with E-state index in [1.165, 1.54) is 26.0 Å². The number of hydrogen-bond acceptors (Lipinski definition) is 8. The molecule has 2 amide bonds. The lowest BCUT2D eigenvalue weighted by atomic mass is 10.0. The molecule has 0 aliphatic carbocycles. The van der Waals surface area contributed by atoms with Gasteiger partial charge in [-0.3, -0.25) is 19.2 Å². The second-order valence-corrected chi connectivity index (χ2v) is 13.0. The normalized spacial score (nSPS) is 12.5. The largest absolute Gasteiger partial charge is 0.324 e. The van der Waals surface area contributed by atoms with Crippen LogP contribution in [0.15, 0.2) is 93.3 Å². The molecule has 0 spiro atoms. The number of hydrogen-bond donors (Lipinski definition) is 2. The van der Waals surface area contributed by atoms with Crippen molar-refractivity contribution in [3.05, 3.63) is 105 Å². The van der Waals surface area contributed by atoms with Crippen LogP contribution in [0.1, 0.15) is 63.8 Å². The summed E-state index contributed by atoms with van der Waals surface area (Å²) in [4.78, 5) is 50.9. The highest BCUT2D eigenvalue weighted by molar-refractivity contribution is 6.39. The van der Waals surface area contributed by atoms with Crippen LogP contribution in [0.25, 0.3) is 11.1 Å². The molecule has 10 nitrogen and oxygen atoms in total. The lowest BCUT2D eigenvalue weighted by molar-refractivity contribution is -0.127. The molecule has 4 aromatic rings. The molecule has 2 unspecified atom stereocenters. The van der Waals surface area contributed by atoms with Gasteiger partial charge in [-0.15, -0.1) is 0 Å². The number of nitrogens with zero attached hydrogens (tertiary/aromatic N) is 4. The van der Waals surface area contributed by atoms with Crippen molar-refractivity contribution in [3.8, 4) is 11.1 Å². The molecular formula is C40H42Cl2N6O4. The molecule has 12 heteroatoms. The molecule has 0 bridgehead atoms. The predicted molar refractivity (Wildman–Crippen MR) is 208 cm³/mol. The molecule has 0 aliphatic rings. The summed E-state index contributed by atoms with van der Waals surface area (Å²) in [7, 11) is 0. The van der Waals surface area contributed by atoms with E-state index in [4.69, 9.17) is 23.2 Å². The van der Waals surface area contributed by atoms with E-state index in [1.54, 1.807) is 24.3 Å². The van der Waals surface area contributed by atoms with Crippen molar-refractivity contribution < 1.29 is 19.2 Å². The minimum absolute atomic E-state index is 0.255. The molecule has 4 aromatic carbocycles. The molecule has 0 saturated carbocycles. The van der Waals surface area contributed by atoms with Gasteiger partial charge in [0.1, 0.15) is 0 Å². The lowest BCUT2D eigenvalue weighted by Crippen LogP contribution is -2.32. The molecule has 270 valence electrons. The zero-order chi connectivity index (χ0) is 37.9. The quantitative estimate of drug-likeness (QED) is 0.0924. The summed E-state index contributed by atoms with van der Waals surface area (Å²) in [6, 6.07) is 18.7. The SMILES string of the molecule is CCc1ccc(NC(=O)C(N=Nc2ccc(-c3c(Cl)cc(N=NC(C(C)=O)C(=O)Nc4ccc(CC)cc4CC)cc3Cl)cc2)C(C)=O)c(CC)c1. The van der Waals surface area contributed by atoms with Gasteiger partial charge in [0.2, 0.25) is 12.1 Å². The first-order chi connectivity index (χ1) is 24.9. The number of aryl methyl sites for hydroxylation is 4. The van der Waals surface area contributed by atoms with Crippen LogP contribution in [-0.2, 0) is 44.9 Å². The summed E-state index contributed by atoms with van der Waals surface area (Å²) in [5, 5.41) is 22.6. The summed E-state index contributed by atoms with van der Waals surface area (Å²) in [6.07, 6.45) is 3.17. The maximum atomic E-state index is 13.1. The second-order valence-electron chi connectivity index (χ2n) is 12.2. The van der Waals surface area contributed by atoms with Crippen LogP contribution in [0, 0.1) is 0 Å². The highest BCUT2D eigenvalue weighted by Gasteiger charge is 2.25. The molecular weight excluding hydrogens is 699 g/mol. The molecule has 0 heterocycles. The average Bonchev–Trinajstić information content (AvgIpc) is 3.12. The summed E-state index contributed by atoms with van der Waals surface area (Å²) in [6.45, 7) is 10.7. The molecule has 0 saturated heterocycles. The average molecular weight is 742 g/mol. The van der Waals surface area contributed by atoms with Crippen molar-refractivity contribution in [2.24, 2.45) is 20.5 Å². The molecule has 2 atom stereocenters. The molecule has 2 N–H and O–H groups in total. The van der Waals surface area contributed by atoms with Crippen LogP contribution in [-0.4, -0.2) is 35.5 Å². The fourth-order valence-electron chi connectivity index (χ4n) is 5.44. The number of halogens is 2. The summed E-state index contributed by atoms with van der Waals surface area (Å²) >= 11 is 13.3. The lowest BCUT2D eigenvalue weighted by Gasteiger charge is -2.14. The van der Waals surface area contributed by atoms with Gasteiger partial charge in [0.25, 0.3) is 11.8 Å². The van der Waals surface area contributed by atoms with Gasteiger partial charge in [-0.1, -0.05) is 87.3 Å². The van der Waals surface area contributed by atoms with Crippen LogP contribution in [0.3, 0.4) is 0 Å². The first-order valence-electron chi connectivity index (χ1n) is 17.2. The van der Waals surface area contributed by atoms with Gasteiger partial charge in [-0.05, 0) is 104 Å². The van der Waals surface area contributed by atoms with Crippen LogP contribution in [0.2, 0.25) is 10.0 Å². The van der Waals surface area contributed by atoms with Crippen LogP contribution < -0.4 is 10.6 Å². The highest BCUT2D eigenvalue weighted by atomic mass is 35.5. The Kier molecular flexibility index (Phi) is 14.1. The first-order valence-corrected chi connectivity index (χ1v) is 17.9. The number of carbonyl (C=O) groups is 4. The van der Waals surface area contributed by atoms with Crippen molar-refractivity contribution >= 4 is 69.3 Å². The number of benzene rings is 4. The molecule has 0 radical (unpaired) electrons. The third-order valence-corrected chi connectivity index (χ3v) is 9.06. The Hall–Kier alpha value is -5.06. The van der Waals surface area contributed by atoms with E-state index in [0.29, 0.717) is 34.6 Å². The van der Waals surface area contributed by atoms with E-state index in [2.05, 4.69) is 44.9 Å². The van der Waals surface area contributed by atoms with Gasteiger partial charge >= 0.3 is 0 Å². The van der Waals surface area contributed by atoms with Gasteiger partial charge in [0.05, 0.1) is 21.4 Å². The Bertz CT molecular complexity index is 2000. The van der Waals surface area contributed by atoms with Crippen molar-refractivity contribution in [2.75, 3.05) is 10.6 Å². The van der Waals surface area contributed by atoms with Gasteiger partial charge in [-0.2, -0.15) is 20.5 Å². The van der Waals surface area contributed by atoms with E-state index in [-0.39, 0.29) is 15.7 Å². The summed E-state index contributed by atoms with van der Waals surface area (Å²) in [5.74, 6) is -2.08. The van der Waals surface area contributed by atoms with E-state index < -0.39 is 35.5 Å². The first kappa shape index (κ1) is 39.7. The van der Waals surface area contributed by atoms with Crippen molar-refractivity contribution in [1.82, 2.24) is 0 Å². The molecule has 4 rings (SSSR count). The number of anilines is 2. The van der Waals surface area contributed by atoms with Crippen molar-refractivity contribution in [3.63, 3.8) is 0 Å². The molecule has 52 heavy (non-hydrogen) atoms. The number of carbonyl (C=O) groups excluding carboxylic acids is 4. The van der Waals surface area contributed by atoms with E-state index in [1.807, 2.05) is 50.2 Å². The Labute approximate surface area is 314 Å². The van der Waals surface area contributed by atoms with E-state index in [0.717, 1.165) is 41.5 Å². The Morgan fingerprint density at radius 3 is 1.38 bits per heavy atom. The van der Waals surface area contributed by atoms with Crippen LogP contribution >= 0.6 is 23.2 Å². The standard InChI is InChI=1S/C40H42Cl2N6O4/c1-7-25-11-17-34(27(9-3)19-25)43-39(51)37(23(5)49)47-45-30-15-13-29(14-16-30)36-32(41)21-31(22-33(36)42)46-48-38(24(6)50)40(52)44-35-18-12-26(8-2)20-28(35)10-4/h11-22,37-38H,7-10H2,1-6H3,(H,43,51)(H,44,52). The maximum absolute atomic E-state index is 13.1. The van der Waals surface area contributed by atoms with Crippen molar-refractivity contribution in [1.29, 1.82) is 0 Å². The molecule has 0 aliphatic heterocycles. The predicted octanol–water partition coefficient (Wildman–Crippen LogP) is 10.3. The zero-order valence-corrected chi connectivity index (χ0v) is 31.6. The van der Waals surface area contributed by atoms with Gasteiger partial charge in [0, 0.05) is 16.9 Å². The highest BCUT2D eigenvalue weighted by Crippen LogP contribution is 2.39. The zero-order valence-electron chi connectivity index (χ0n) is 30.1. The molecule has 0 fully saturated rings. The number of nitrogens with one attached hydrogen (secondary N) is 2. The third kappa shape index (κ3) is 10.0. The Morgan fingerprint density at radius 1 is 0.577 bits per heavy atom.